The average Bonchev–Trinajstić information content (AvgIpc) is 2.28. The van der Waals surface area contributed by atoms with Gasteiger partial charge in [0.2, 0.25) is 5.91 Å². The summed E-state index contributed by atoms with van der Waals surface area (Å²) in [7, 11) is 0. The fraction of sp³-hybridized carbons (Fsp3) is 0.846. The van der Waals surface area contributed by atoms with Crippen LogP contribution in [0.2, 0.25) is 0 Å². The molecule has 0 saturated carbocycles. The third-order valence-corrected chi connectivity index (χ3v) is 3.63. The minimum absolute atomic E-state index is 0.0924. The zero-order valence-corrected chi connectivity index (χ0v) is 12.2. The molecule has 0 aliphatic heterocycles. The first kappa shape index (κ1) is 16.3. The fourth-order valence-corrected chi connectivity index (χ4v) is 2.61. The number of amides is 1. The molecular formula is C13H24N2OS. The smallest absolute Gasteiger partial charge is 0.240 e. The third kappa shape index (κ3) is 4.99. The molecule has 1 N–H and O–H groups in total. The Hall–Kier alpha value is -0.690. The Labute approximate surface area is 109 Å². The molecule has 0 aromatic carbocycles. The van der Waals surface area contributed by atoms with Gasteiger partial charge < -0.3 is 5.32 Å². The number of thioether (sulfide) groups is 1. The largest absolute Gasteiger partial charge is 0.351 e. The summed E-state index contributed by atoms with van der Waals surface area (Å²) >= 11 is 1.70. The minimum Gasteiger partial charge on any atom is -0.351 e. The van der Waals surface area contributed by atoms with Crippen molar-refractivity contribution in [2.24, 2.45) is 5.41 Å². The molecule has 1 amide bonds. The molecule has 1 atom stereocenters. The van der Waals surface area contributed by atoms with E-state index in [1.165, 1.54) is 0 Å². The SMILES string of the molecule is CCCC(C#N)(CCC)C(=O)NC(C)CSC. The van der Waals surface area contributed by atoms with Crippen LogP contribution in [0.15, 0.2) is 0 Å². The summed E-state index contributed by atoms with van der Waals surface area (Å²) in [5.41, 5.74) is -0.823. The average molecular weight is 256 g/mol. The van der Waals surface area contributed by atoms with Crippen molar-refractivity contribution < 1.29 is 4.79 Å². The van der Waals surface area contributed by atoms with E-state index in [1.807, 2.05) is 27.0 Å². The van der Waals surface area contributed by atoms with E-state index in [4.69, 9.17) is 0 Å². The second-order valence-corrected chi connectivity index (χ2v) is 5.43. The molecule has 0 saturated heterocycles. The molecule has 0 aromatic heterocycles. The van der Waals surface area contributed by atoms with E-state index in [-0.39, 0.29) is 11.9 Å². The molecule has 0 radical (unpaired) electrons. The van der Waals surface area contributed by atoms with Crippen molar-refractivity contribution in [2.45, 2.75) is 52.5 Å². The van der Waals surface area contributed by atoms with Crippen molar-refractivity contribution in [3.63, 3.8) is 0 Å². The van der Waals surface area contributed by atoms with Gasteiger partial charge in [0.15, 0.2) is 0 Å². The Kier molecular flexibility index (Phi) is 8.07. The van der Waals surface area contributed by atoms with Gasteiger partial charge in [-0.25, -0.2) is 0 Å². The predicted octanol–water partition coefficient (Wildman–Crippen LogP) is 2.96. The number of hydrogen-bond acceptors (Lipinski definition) is 3. The molecule has 0 bridgehead atoms. The number of carbonyl (C=O) groups excluding carboxylic acids is 1. The summed E-state index contributed by atoms with van der Waals surface area (Å²) in [4.78, 5) is 12.2. The van der Waals surface area contributed by atoms with Crippen LogP contribution in [0.5, 0.6) is 0 Å². The van der Waals surface area contributed by atoms with Crippen LogP contribution in [0.3, 0.4) is 0 Å². The summed E-state index contributed by atoms with van der Waals surface area (Å²) in [5, 5.41) is 12.3. The minimum atomic E-state index is -0.823. The lowest BCUT2D eigenvalue weighted by atomic mass is 9.79. The Morgan fingerprint density at radius 1 is 1.41 bits per heavy atom. The van der Waals surface area contributed by atoms with E-state index in [2.05, 4.69) is 11.4 Å². The van der Waals surface area contributed by atoms with Gasteiger partial charge in [-0.2, -0.15) is 17.0 Å². The maximum Gasteiger partial charge on any atom is 0.240 e. The molecule has 0 heterocycles. The standard InChI is InChI=1S/C13H24N2OS/c1-5-7-13(10-14,8-6-2)12(16)15-11(3)9-17-4/h11H,5-9H2,1-4H3,(H,15,16). The second-order valence-electron chi connectivity index (χ2n) is 4.52. The zero-order valence-electron chi connectivity index (χ0n) is 11.4. The maximum atomic E-state index is 12.2. The van der Waals surface area contributed by atoms with Crippen molar-refractivity contribution in [2.75, 3.05) is 12.0 Å². The van der Waals surface area contributed by atoms with Crippen LogP contribution in [0, 0.1) is 16.7 Å². The van der Waals surface area contributed by atoms with E-state index in [0.717, 1.165) is 18.6 Å². The molecule has 1 unspecified atom stereocenters. The summed E-state index contributed by atoms with van der Waals surface area (Å²) < 4.78 is 0. The van der Waals surface area contributed by atoms with E-state index < -0.39 is 5.41 Å². The van der Waals surface area contributed by atoms with Gasteiger partial charge >= 0.3 is 0 Å². The molecule has 4 heteroatoms. The van der Waals surface area contributed by atoms with E-state index in [1.54, 1.807) is 11.8 Å². The number of carbonyl (C=O) groups is 1. The van der Waals surface area contributed by atoms with Crippen molar-refractivity contribution in [1.29, 1.82) is 5.26 Å². The number of nitrogens with one attached hydrogen (secondary N) is 1. The van der Waals surface area contributed by atoms with Gasteiger partial charge in [-0.05, 0) is 26.0 Å². The number of rotatable bonds is 8. The fourth-order valence-electron chi connectivity index (χ4n) is 2.02. The maximum absolute atomic E-state index is 12.2. The first-order chi connectivity index (χ1) is 8.06. The van der Waals surface area contributed by atoms with Gasteiger partial charge in [0.1, 0.15) is 5.41 Å². The van der Waals surface area contributed by atoms with Gasteiger partial charge in [0.05, 0.1) is 6.07 Å². The summed E-state index contributed by atoms with van der Waals surface area (Å²) in [6, 6.07) is 2.37. The highest BCUT2D eigenvalue weighted by atomic mass is 32.2. The van der Waals surface area contributed by atoms with Crippen molar-refractivity contribution in [3.05, 3.63) is 0 Å². The van der Waals surface area contributed by atoms with Crippen LogP contribution < -0.4 is 5.32 Å². The lowest BCUT2D eigenvalue weighted by Gasteiger charge is -2.26. The first-order valence-corrected chi connectivity index (χ1v) is 7.66. The zero-order chi connectivity index (χ0) is 13.3. The lowest BCUT2D eigenvalue weighted by Crippen LogP contribution is -2.44. The summed E-state index contributed by atoms with van der Waals surface area (Å²) in [6.45, 7) is 6.01. The molecule has 0 rings (SSSR count). The van der Waals surface area contributed by atoms with Crippen LogP contribution in [-0.4, -0.2) is 24.0 Å². The topological polar surface area (TPSA) is 52.9 Å². The third-order valence-electron chi connectivity index (χ3n) is 2.80. The van der Waals surface area contributed by atoms with Crippen molar-refractivity contribution >= 4 is 17.7 Å². The van der Waals surface area contributed by atoms with Gasteiger partial charge in [0.25, 0.3) is 0 Å². The molecule has 0 aliphatic carbocycles. The number of nitrogens with zero attached hydrogens (tertiary/aromatic N) is 1. The predicted molar refractivity (Wildman–Crippen MR) is 73.8 cm³/mol. The summed E-state index contributed by atoms with van der Waals surface area (Å²) in [5.74, 6) is 0.788. The number of nitriles is 1. The van der Waals surface area contributed by atoms with Crippen LogP contribution in [-0.2, 0) is 4.79 Å². The van der Waals surface area contributed by atoms with Gasteiger partial charge in [0, 0.05) is 11.8 Å². The monoisotopic (exact) mass is 256 g/mol. The highest BCUT2D eigenvalue weighted by molar-refractivity contribution is 7.98. The molecule has 0 spiro atoms. The molecule has 17 heavy (non-hydrogen) atoms. The molecule has 98 valence electrons. The Morgan fingerprint density at radius 3 is 2.29 bits per heavy atom. The Balaban J connectivity index is 4.68. The van der Waals surface area contributed by atoms with Crippen LogP contribution >= 0.6 is 11.8 Å². The van der Waals surface area contributed by atoms with Gasteiger partial charge in [-0.15, -0.1) is 0 Å². The van der Waals surface area contributed by atoms with Gasteiger partial charge in [-0.1, -0.05) is 26.7 Å². The molecule has 0 aromatic rings. The normalized spacial score (nSPS) is 12.9. The second kappa shape index (κ2) is 8.41. The van der Waals surface area contributed by atoms with Crippen LogP contribution in [0.1, 0.15) is 46.5 Å². The van der Waals surface area contributed by atoms with Crippen molar-refractivity contribution in [3.8, 4) is 6.07 Å². The first-order valence-electron chi connectivity index (χ1n) is 6.27. The van der Waals surface area contributed by atoms with E-state index >= 15 is 0 Å². The van der Waals surface area contributed by atoms with Crippen molar-refractivity contribution in [1.82, 2.24) is 5.32 Å². The highest BCUT2D eigenvalue weighted by Gasteiger charge is 2.37. The van der Waals surface area contributed by atoms with Gasteiger partial charge in [-0.3, -0.25) is 4.79 Å². The van der Waals surface area contributed by atoms with E-state index in [9.17, 15) is 10.1 Å². The quantitative estimate of drug-likeness (QED) is 0.726. The van der Waals surface area contributed by atoms with E-state index in [0.29, 0.717) is 12.8 Å². The Morgan fingerprint density at radius 2 is 1.94 bits per heavy atom. The molecule has 0 fully saturated rings. The Bertz CT molecular complexity index is 267. The highest BCUT2D eigenvalue weighted by Crippen LogP contribution is 2.29. The lowest BCUT2D eigenvalue weighted by molar-refractivity contribution is -0.129. The molecular weight excluding hydrogens is 232 g/mol. The van der Waals surface area contributed by atoms with Crippen LogP contribution in [0.4, 0.5) is 0 Å². The summed E-state index contributed by atoms with van der Waals surface area (Å²) in [6.07, 6.45) is 5.03. The number of hydrogen-bond donors (Lipinski definition) is 1. The molecule has 0 aliphatic rings. The van der Waals surface area contributed by atoms with Crippen LogP contribution in [0.25, 0.3) is 0 Å². The molecule has 3 nitrogen and oxygen atoms in total.